The fourth-order valence-electron chi connectivity index (χ4n) is 1.70. The Labute approximate surface area is 122 Å². The average Bonchev–Trinajstić information content (AvgIpc) is 2.88. The van der Waals surface area contributed by atoms with E-state index >= 15 is 0 Å². The summed E-state index contributed by atoms with van der Waals surface area (Å²) >= 11 is 5.79. The molecule has 20 heavy (non-hydrogen) atoms. The second kappa shape index (κ2) is 5.97. The SMILES string of the molecule is CC(NS(=O)(=O)c1ccc(CO)o1)c1ccc(Cl)cc1. The lowest BCUT2D eigenvalue weighted by molar-refractivity contribution is 0.236. The fraction of sp³-hybridized carbons (Fsp3) is 0.231. The second-order valence-electron chi connectivity index (χ2n) is 4.27. The summed E-state index contributed by atoms with van der Waals surface area (Å²) < 4.78 is 31.7. The van der Waals surface area contributed by atoms with Crippen molar-refractivity contribution in [2.45, 2.75) is 24.7 Å². The topological polar surface area (TPSA) is 79.5 Å². The Morgan fingerprint density at radius 1 is 1.25 bits per heavy atom. The van der Waals surface area contributed by atoms with Crippen molar-refractivity contribution < 1.29 is 17.9 Å². The molecule has 0 aliphatic heterocycles. The summed E-state index contributed by atoms with van der Waals surface area (Å²) in [6.45, 7) is 1.37. The molecule has 0 amide bonds. The maximum absolute atomic E-state index is 12.1. The average molecular weight is 316 g/mol. The van der Waals surface area contributed by atoms with Crippen LogP contribution in [0.3, 0.4) is 0 Å². The minimum atomic E-state index is -3.77. The molecule has 1 unspecified atom stereocenters. The van der Waals surface area contributed by atoms with Gasteiger partial charge in [0.25, 0.3) is 10.0 Å². The number of furan rings is 1. The predicted molar refractivity (Wildman–Crippen MR) is 74.8 cm³/mol. The molecule has 2 N–H and O–H groups in total. The number of hydrogen-bond acceptors (Lipinski definition) is 4. The summed E-state index contributed by atoms with van der Waals surface area (Å²) in [7, 11) is -3.77. The van der Waals surface area contributed by atoms with E-state index in [1.807, 2.05) is 0 Å². The van der Waals surface area contributed by atoms with Crippen LogP contribution in [0.4, 0.5) is 0 Å². The Morgan fingerprint density at radius 2 is 1.90 bits per heavy atom. The summed E-state index contributed by atoms with van der Waals surface area (Å²) in [5.41, 5.74) is 0.784. The first-order chi connectivity index (χ1) is 9.42. The Bertz CT molecular complexity index is 679. The van der Waals surface area contributed by atoms with Crippen molar-refractivity contribution >= 4 is 21.6 Å². The van der Waals surface area contributed by atoms with Crippen LogP contribution >= 0.6 is 11.6 Å². The van der Waals surface area contributed by atoms with Crippen LogP contribution in [0.1, 0.15) is 24.3 Å². The first-order valence-corrected chi connectivity index (χ1v) is 7.76. The molecule has 2 aromatic rings. The van der Waals surface area contributed by atoms with Gasteiger partial charge in [-0.05, 0) is 36.8 Å². The highest BCUT2D eigenvalue weighted by Gasteiger charge is 2.21. The number of halogens is 1. The van der Waals surface area contributed by atoms with Gasteiger partial charge in [-0.15, -0.1) is 0 Å². The number of nitrogens with one attached hydrogen (secondary N) is 1. The molecule has 0 bridgehead atoms. The molecule has 1 aromatic carbocycles. The zero-order chi connectivity index (χ0) is 14.8. The van der Waals surface area contributed by atoms with Crippen molar-refractivity contribution in [2.75, 3.05) is 0 Å². The Balaban J connectivity index is 2.17. The summed E-state index contributed by atoms with van der Waals surface area (Å²) in [6.07, 6.45) is 0. The monoisotopic (exact) mass is 315 g/mol. The van der Waals surface area contributed by atoms with Crippen LogP contribution in [-0.4, -0.2) is 13.5 Å². The van der Waals surface area contributed by atoms with Gasteiger partial charge in [-0.1, -0.05) is 23.7 Å². The van der Waals surface area contributed by atoms with E-state index in [1.54, 1.807) is 31.2 Å². The first kappa shape index (κ1) is 15.1. The molecule has 0 aliphatic carbocycles. The third-order valence-corrected chi connectivity index (χ3v) is 4.42. The summed E-state index contributed by atoms with van der Waals surface area (Å²) in [5, 5.41) is 9.25. The lowest BCUT2D eigenvalue weighted by Crippen LogP contribution is -2.26. The number of rotatable bonds is 5. The highest BCUT2D eigenvalue weighted by molar-refractivity contribution is 7.89. The number of benzene rings is 1. The standard InChI is InChI=1S/C13H14ClNO4S/c1-9(10-2-4-11(14)5-3-10)15-20(17,18)13-7-6-12(8-16)19-13/h2-7,9,15-16H,8H2,1H3. The quantitative estimate of drug-likeness (QED) is 0.888. The van der Waals surface area contributed by atoms with Crippen LogP contribution in [0, 0.1) is 0 Å². The molecule has 7 heteroatoms. The second-order valence-corrected chi connectivity index (χ2v) is 6.35. The third kappa shape index (κ3) is 3.40. The van der Waals surface area contributed by atoms with Gasteiger partial charge in [0.15, 0.2) is 0 Å². The van der Waals surface area contributed by atoms with Crippen LogP contribution in [0.25, 0.3) is 0 Å². The van der Waals surface area contributed by atoms with E-state index in [2.05, 4.69) is 4.72 Å². The zero-order valence-electron chi connectivity index (χ0n) is 10.7. The van der Waals surface area contributed by atoms with Crippen molar-refractivity contribution in [1.82, 2.24) is 4.72 Å². The van der Waals surface area contributed by atoms with Crippen molar-refractivity contribution in [3.63, 3.8) is 0 Å². The minimum absolute atomic E-state index is 0.199. The predicted octanol–water partition coefficient (Wildman–Crippen LogP) is 2.46. The van der Waals surface area contributed by atoms with Crippen LogP contribution in [0.5, 0.6) is 0 Å². The first-order valence-electron chi connectivity index (χ1n) is 5.90. The van der Waals surface area contributed by atoms with Gasteiger partial charge in [-0.3, -0.25) is 0 Å². The van der Waals surface area contributed by atoms with Crippen molar-refractivity contribution in [1.29, 1.82) is 0 Å². The molecule has 0 saturated heterocycles. The Kier molecular flexibility index (Phi) is 4.49. The molecule has 0 aliphatic rings. The van der Waals surface area contributed by atoms with Crippen molar-refractivity contribution in [3.05, 3.63) is 52.7 Å². The Morgan fingerprint density at radius 3 is 2.45 bits per heavy atom. The number of hydrogen-bond donors (Lipinski definition) is 2. The zero-order valence-corrected chi connectivity index (χ0v) is 12.3. The van der Waals surface area contributed by atoms with E-state index in [1.165, 1.54) is 12.1 Å². The normalized spacial score (nSPS) is 13.3. The van der Waals surface area contributed by atoms with Crippen LogP contribution in [0.2, 0.25) is 5.02 Å². The molecule has 2 rings (SSSR count). The maximum atomic E-state index is 12.1. The summed E-state index contributed by atoms with van der Waals surface area (Å²) in [4.78, 5) is 0. The smallest absolute Gasteiger partial charge is 0.274 e. The largest absolute Gasteiger partial charge is 0.446 e. The van der Waals surface area contributed by atoms with Gasteiger partial charge in [-0.2, -0.15) is 0 Å². The molecule has 1 atom stereocenters. The molecule has 0 radical (unpaired) electrons. The van der Waals surface area contributed by atoms with Gasteiger partial charge in [0, 0.05) is 11.1 Å². The lowest BCUT2D eigenvalue weighted by atomic mass is 10.1. The van der Waals surface area contributed by atoms with Crippen LogP contribution in [-0.2, 0) is 16.6 Å². The Hall–Kier alpha value is -1.34. The summed E-state index contributed by atoms with van der Waals surface area (Å²) in [5.74, 6) is 0.199. The lowest BCUT2D eigenvalue weighted by Gasteiger charge is -2.13. The minimum Gasteiger partial charge on any atom is -0.446 e. The highest BCUT2D eigenvalue weighted by atomic mass is 35.5. The highest BCUT2D eigenvalue weighted by Crippen LogP contribution is 2.20. The van der Waals surface area contributed by atoms with E-state index in [9.17, 15) is 8.42 Å². The number of aliphatic hydroxyl groups excluding tert-OH is 1. The maximum Gasteiger partial charge on any atom is 0.274 e. The molecular weight excluding hydrogens is 302 g/mol. The number of aliphatic hydroxyl groups is 1. The van der Waals surface area contributed by atoms with Gasteiger partial charge in [-0.25, -0.2) is 13.1 Å². The van der Waals surface area contributed by atoms with Gasteiger partial charge in [0.2, 0.25) is 5.09 Å². The van der Waals surface area contributed by atoms with Crippen molar-refractivity contribution in [3.8, 4) is 0 Å². The van der Waals surface area contributed by atoms with Crippen LogP contribution < -0.4 is 4.72 Å². The third-order valence-electron chi connectivity index (χ3n) is 2.76. The van der Waals surface area contributed by atoms with E-state index in [4.69, 9.17) is 21.1 Å². The molecule has 1 aromatic heterocycles. The molecule has 108 valence electrons. The van der Waals surface area contributed by atoms with E-state index in [0.717, 1.165) is 5.56 Å². The van der Waals surface area contributed by atoms with Crippen LogP contribution in [0.15, 0.2) is 45.9 Å². The molecule has 5 nitrogen and oxygen atoms in total. The molecular formula is C13H14ClNO4S. The number of sulfonamides is 1. The van der Waals surface area contributed by atoms with Crippen molar-refractivity contribution in [2.24, 2.45) is 0 Å². The summed E-state index contributed by atoms with van der Waals surface area (Å²) in [6, 6.07) is 9.18. The molecule has 0 fully saturated rings. The van der Waals surface area contributed by atoms with Gasteiger partial charge in [0.05, 0.1) is 0 Å². The van der Waals surface area contributed by atoms with Gasteiger partial charge >= 0.3 is 0 Å². The van der Waals surface area contributed by atoms with Gasteiger partial charge in [0.1, 0.15) is 12.4 Å². The van der Waals surface area contributed by atoms with E-state index < -0.39 is 16.1 Å². The van der Waals surface area contributed by atoms with E-state index in [0.29, 0.717) is 5.02 Å². The van der Waals surface area contributed by atoms with Gasteiger partial charge < -0.3 is 9.52 Å². The molecule has 1 heterocycles. The molecule has 0 saturated carbocycles. The molecule has 0 spiro atoms. The fourth-order valence-corrected chi connectivity index (χ4v) is 3.01. The van der Waals surface area contributed by atoms with E-state index in [-0.39, 0.29) is 17.5 Å².